The predicted octanol–water partition coefficient (Wildman–Crippen LogP) is 2.83. The zero-order chi connectivity index (χ0) is 14.5. The van der Waals surface area contributed by atoms with Crippen LogP contribution in [0.15, 0.2) is 30.5 Å². The molecule has 0 aliphatic carbocycles. The standard InChI is InChI=1S/C14H15ClN2O3/c1-3-19-11-7-5-4-6-10(11)14(18)20-9-13-16-8-12(15)17(13)2/h4-8H,3,9H2,1-2H3. The van der Waals surface area contributed by atoms with Gasteiger partial charge in [0.15, 0.2) is 0 Å². The van der Waals surface area contributed by atoms with E-state index in [4.69, 9.17) is 21.1 Å². The van der Waals surface area contributed by atoms with Crippen LogP contribution in [0, 0.1) is 0 Å². The third-order valence-corrected chi connectivity index (χ3v) is 3.12. The number of nitrogens with zero attached hydrogens (tertiary/aromatic N) is 2. The Morgan fingerprint density at radius 2 is 2.15 bits per heavy atom. The first-order valence-corrected chi connectivity index (χ1v) is 6.56. The third-order valence-electron chi connectivity index (χ3n) is 2.77. The molecule has 0 aliphatic rings. The molecule has 0 spiro atoms. The van der Waals surface area contributed by atoms with Gasteiger partial charge in [-0.2, -0.15) is 0 Å². The molecule has 1 heterocycles. The van der Waals surface area contributed by atoms with Gasteiger partial charge in [-0.1, -0.05) is 23.7 Å². The lowest BCUT2D eigenvalue weighted by molar-refractivity contribution is 0.0455. The van der Waals surface area contributed by atoms with Crippen molar-refractivity contribution in [3.05, 3.63) is 47.0 Å². The van der Waals surface area contributed by atoms with Crippen molar-refractivity contribution in [2.24, 2.45) is 7.05 Å². The van der Waals surface area contributed by atoms with Gasteiger partial charge < -0.3 is 14.0 Å². The van der Waals surface area contributed by atoms with Crippen LogP contribution in [0.2, 0.25) is 5.15 Å². The first kappa shape index (κ1) is 14.4. The van der Waals surface area contributed by atoms with Crippen molar-refractivity contribution < 1.29 is 14.3 Å². The molecule has 0 fully saturated rings. The number of imidazole rings is 1. The van der Waals surface area contributed by atoms with E-state index in [1.165, 1.54) is 6.20 Å². The fraction of sp³-hybridized carbons (Fsp3) is 0.286. The Bertz CT molecular complexity index is 610. The number of para-hydroxylation sites is 1. The van der Waals surface area contributed by atoms with Gasteiger partial charge in [0, 0.05) is 7.05 Å². The molecular weight excluding hydrogens is 280 g/mol. The second-order valence-corrected chi connectivity index (χ2v) is 4.45. The summed E-state index contributed by atoms with van der Waals surface area (Å²) in [5.41, 5.74) is 0.398. The van der Waals surface area contributed by atoms with E-state index in [0.29, 0.717) is 28.9 Å². The fourth-order valence-corrected chi connectivity index (χ4v) is 1.83. The largest absolute Gasteiger partial charge is 0.493 e. The molecule has 6 heteroatoms. The number of ether oxygens (including phenoxy) is 2. The molecule has 2 aromatic rings. The SMILES string of the molecule is CCOc1ccccc1C(=O)OCc1ncc(Cl)n1C. The predicted molar refractivity (Wildman–Crippen MR) is 74.9 cm³/mol. The lowest BCUT2D eigenvalue weighted by Gasteiger charge is -2.09. The lowest BCUT2D eigenvalue weighted by atomic mass is 10.2. The topological polar surface area (TPSA) is 53.4 Å². The quantitative estimate of drug-likeness (QED) is 0.796. The Kier molecular flexibility index (Phi) is 4.63. The van der Waals surface area contributed by atoms with E-state index < -0.39 is 5.97 Å². The van der Waals surface area contributed by atoms with Gasteiger partial charge in [-0.05, 0) is 19.1 Å². The Balaban J connectivity index is 2.07. The molecule has 0 saturated carbocycles. The number of carbonyl (C=O) groups is 1. The number of hydrogen-bond acceptors (Lipinski definition) is 4. The molecule has 0 bridgehead atoms. The molecule has 0 unspecified atom stereocenters. The molecule has 1 aromatic heterocycles. The molecule has 106 valence electrons. The lowest BCUT2D eigenvalue weighted by Crippen LogP contribution is -2.10. The molecule has 0 amide bonds. The highest BCUT2D eigenvalue weighted by atomic mass is 35.5. The van der Waals surface area contributed by atoms with Crippen molar-refractivity contribution in [3.63, 3.8) is 0 Å². The molecule has 20 heavy (non-hydrogen) atoms. The highest BCUT2D eigenvalue weighted by molar-refractivity contribution is 6.29. The molecule has 2 rings (SSSR count). The molecule has 0 radical (unpaired) electrons. The summed E-state index contributed by atoms with van der Waals surface area (Å²) in [6.07, 6.45) is 1.51. The zero-order valence-electron chi connectivity index (χ0n) is 11.3. The number of benzene rings is 1. The average Bonchev–Trinajstić information content (AvgIpc) is 2.77. The molecule has 5 nitrogen and oxygen atoms in total. The van der Waals surface area contributed by atoms with Crippen molar-refractivity contribution in [2.45, 2.75) is 13.5 Å². The van der Waals surface area contributed by atoms with E-state index in [2.05, 4.69) is 4.98 Å². The Morgan fingerprint density at radius 1 is 1.40 bits per heavy atom. The highest BCUT2D eigenvalue weighted by Crippen LogP contribution is 2.19. The maximum Gasteiger partial charge on any atom is 0.342 e. The maximum atomic E-state index is 12.1. The summed E-state index contributed by atoms with van der Waals surface area (Å²) < 4.78 is 12.3. The minimum atomic E-state index is -0.451. The van der Waals surface area contributed by atoms with E-state index in [0.717, 1.165) is 0 Å². The van der Waals surface area contributed by atoms with Gasteiger partial charge in [0.1, 0.15) is 28.9 Å². The summed E-state index contributed by atoms with van der Waals surface area (Å²) in [4.78, 5) is 16.1. The molecule has 0 atom stereocenters. The Hall–Kier alpha value is -2.01. The highest BCUT2D eigenvalue weighted by Gasteiger charge is 2.14. The fourth-order valence-electron chi connectivity index (χ4n) is 1.68. The van der Waals surface area contributed by atoms with E-state index >= 15 is 0 Å². The van der Waals surface area contributed by atoms with Crippen molar-refractivity contribution in [2.75, 3.05) is 6.61 Å². The summed E-state index contributed by atoms with van der Waals surface area (Å²) in [6, 6.07) is 6.97. The summed E-state index contributed by atoms with van der Waals surface area (Å²) in [7, 11) is 1.76. The summed E-state index contributed by atoms with van der Waals surface area (Å²) in [6.45, 7) is 2.40. The van der Waals surface area contributed by atoms with Gasteiger partial charge >= 0.3 is 5.97 Å². The van der Waals surface area contributed by atoms with Crippen LogP contribution in [0.1, 0.15) is 23.1 Å². The van der Waals surface area contributed by atoms with Crippen LogP contribution in [0.5, 0.6) is 5.75 Å². The van der Waals surface area contributed by atoms with Crippen LogP contribution in [0.25, 0.3) is 0 Å². The summed E-state index contributed by atoms with van der Waals surface area (Å²) in [5.74, 6) is 0.642. The van der Waals surface area contributed by atoms with E-state index in [-0.39, 0.29) is 6.61 Å². The van der Waals surface area contributed by atoms with Crippen molar-refractivity contribution in [1.82, 2.24) is 9.55 Å². The monoisotopic (exact) mass is 294 g/mol. The van der Waals surface area contributed by atoms with Crippen LogP contribution in [0.4, 0.5) is 0 Å². The second kappa shape index (κ2) is 6.43. The van der Waals surface area contributed by atoms with Crippen LogP contribution in [0.3, 0.4) is 0 Å². The van der Waals surface area contributed by atoms with Crippen LogP contribution in [-0.2, 0) is 18.4 Å². The van der Waals surface area contributed by atoms with Crippen molar-refractivity contribution in [1.29, 1.82) is 0 Å². The van der Waals surface area contributed by atoms with Gasteiger partial charge in [-0.3, -0.25) is 0 Å². The third kappa shape index (κ3) is 3.11. The molecule has 0 saturated heterocycles. The number of rotatable bonds is 5. The Morgan fingerprint density at radius 3 is 2.80 bits per heavy atom. The van der Waals surface area contributed by atoms with Gasteiger partial charge in [0.2, 0.25) is 0 Å². The maximum absolute atomic E-state index is 12.1. The minimum absolute atomic E-state index is 0.0580. The number of hydrogen-bond donors (Lipinski definition) is 0. The molecule has 1 aromatic carbocycles. The smallest absolute Gasteiger partial charge is 0.342 e. The van der Waals surface area contributed by atoms with E-state index in [1.807, 2.05) is 6.92 Å². The van der Waals surface area contributed by atoms with Gasteiger partial charge in [-0.15, -0.1) is 0 Å². The zero-order valence-corrected chi connectivity index (χ0v) is 12.1. The molecular formula is C14H15ClN2O3. The first-order chi connectivity index (χ1) is 9.63. The number of carbonyl (C=O) groups excluding carboxylic acids is 1. The first-order valence-electron chi connectivity index (χ1n) is 6.18. The van der Waals surface area contributed by atoms with E-state index in [9.17, 15) is 4.79 Å². The summed E-state index contributed by atoms with van der Waals surface area (Å²) in [5, 5.41) is 0.491. The van der Waals surface area contributed by atoms with Crippen molar-refractivity contribution >= 4 is 17.6 Å². The van der Waals surface area contributed by atoms with E-state index in [1.54, 1.807) is 35.9 Å². The number of esters is 1. The average molecular weight is 295 g/mol. The van der Waals surface area contributed by atoms with Gasteiger partial charge in [0.05, 0.1) is 12.8 Å². The van der Waals surface area contributed by atoms with Crippen molar-refractivity contribution in [3.8, 4) is 5.75 Å². The van der Waals surface area contributed by atoms with Crippen LogP contribution in [-0.4, -0.2) is 22.1 Å². The van der Waals surface area contributed by atoms with Crippen LogP contribution < -0.4 is 4.74 Å². The molecule has 0 aliphatic heterocycles. The van der Waals surface area contributed by atoms with Crippen LogP contribution >= 0.6 is 11.6 Å². The van der Waals surface area contributed by atoms with Gasteiger partial charge in [-0.25, -0.2) is 9.78 Å². The summed E-state index contributed by atoms with van der Waals surface area (Å²) >= 11 is 5.87. The normalized spacial score (nSPS) is 10.3. The Labute approximate surface area is 122 Å². The minimum Gasteiger partial charge on any atom is -0.493 e. The molecule has 0 N–H and O–H groups in total. The second-order valence-electron chi connectivity index (χ2n) is 4.06. The van der Waals surface area contributed by atoms with Gasteiger partial charge in [0.25, 0.3) is 0 Å². The number of aromatic nitrogens is 2. The number of halogens is 1.